The Kier molecular flexibility index (Phi) is 4.78. The summed E-state index contributed by atoms with van der Waals surface area (Å²) in [6.45, 7) is 7.54. The predicted molar refractivity (Wildman–Crippen MR) is 102 cm³/mol. The second kappa shape index (κ2) is 7.21. The van der Waals surface area contributed by atoms with Crippen LogP contribution < -0.4 is 10.6 Å². The Labute approximate surface area is 154 Å². The molecule has 0 spiro atoms. The summed E-state index contributed by atoms with van der Waals surface area (Å²) in [7, 11) is 0. The number of H-pyrrole nitrogens is 1. The van der Waals surface area contributed by atoms with Gasteiger partial charge >= 0.3 is 0 Å². The maximum atomic E-state index is 12.3. The van der Waals surface area contributed by atoms with Gasteiger partial charge in [-0.05, 0) is 38.3 Å². The zero-order chi connectivity index (χ0) is 18.1. The molecule has 2 fully saturated rings. The number of nitrogens with zero attached hydrogens (tertiary/aromatic N) is 2. The van der Waals surface area contributed by atoms with E-state index < -0.39 is 0 Å². The van der Waals surface area contributed by atoms with Gasteiger partial charge in [0.25, 0.3) is 0 Å². The number of aromatic amines is 1. The average molecular weight is 353 g/mol. The fraction of sp³-hybridized carbons (Fsp3) is 0.500. The van der Waals surface area contributed by atoms with Gasteiger partial charge in [-0.25, -0.2) is 0 Å². The van der Waals surface area contributed by atoms with Crippen molar-refractivity contribution >= 4 is 5.91 Å². The van der Waals surface area contributed by atoms with Gasteiger partial charge in [0.2, 0.25) is 5.91 Å². The first-order chi connectivity index (χ1) is 12.6. The van der Waals surface area contributed by atoms with E-state index >= 15 is 0 Å². The molecule has 1 amide bonds. The van der Waals surface area contributed by atoms with Gasteiger partial charge in [0, 0.05) is 43.3 Å². The summed E-state index contributed by atoms with van der Waals surface area (Å²) in [4.78, 5) is 14.7. The average Bonchev–Trinajstić information content (AvgIpc) is 3.33. The monoisotopic (exact) mass is 353 g/mol. The molecule has 0 bridgehead atoms. The van der Waals surface area contributed by atoms with E-state index in [0.717, 1.165) is 44.7 Å². The molecule has 26 heavy (non-hydrogen) atoms. The first kappa shape index (κ1) is 17.2. The maximum absolute atomic E-state index is 12.3. The molecule has 3 N–H and O–H groups in total. The smallest absolute Gasteiger partial charge is 0.238 e. The normalized spacial score (nSPS) is 20.9. The van der Waals surface area contributed by atoms with E-state index in [-0.39, 0.29) is 11.9 Å². The van der Waals surface area contributed by atoms with Crippen molar-refractivity contribution < 1.29 is 4.79 Å². The van der Waals surface area contributed by atoms with Crippen molar-refractivity contribution in [3.8, 4) is 11.3 Å². The minimum Gasteiger partial charge on any atom is -0.352 e. The largest absolute Gasteiger partial charge is 0.352 e. The molecule has 1 aromatic heterocycles. The lowest BCUT2D eigenvalue weighted by molar-refractivity contribution is -0.124. The van der Waals surface area contributed by atoms with Gasteiger partial charge in [0.1, 0.15) is 0 Å². The number of carbonyl (C=O) groups is 1. The number of carbonyl (C=O) groups excluding carboxylic acids is 1. The topological polar surface area (TPSA) is 73.0 Å². The molecule has 2 aliphatic rings. The van der Waals surface area contributed by atoms with E-state index in [9.17, 15) is 4.79 Å². The minimum atomic E-state index is -0.125. The van der Waals surface area contributed by atoms with E-state index in [1.807, 2.05) is 6.20 Å². The third-order valence-corrected chi connectivity index (χ3v) is 5.27. The molecule has 6 heteroatoms. The highest BCUT2D eigenvalue weighted by Crippen LogP contribution is 2.27. The number of nitrogens with one attached hydrogen (secondary N) is 3. The van der Waals surface area contributed by atoms with Gasteiger partial charge in [0.05, 0.1) is 17.9 Å². The fourth-order valence-corrected chi connectivity index (χ4v) is 3.57. The molecule has 1 unspecified atom stereocenters. The number of aryl methyl sites for hydroxylation is 2. The van der Waals surface area contributed by atoms with Crippen molar-refractivity contribution in [2.45, 2.75) is 45.3 Å². The van der Waals surface area contributed by atoms with E-state index in [1.165, 1.54) is 22.3 Å². The summed E-state index contributed by atoms with van der Waals surface area (Å²) >= 11 is 0. The number of aromatic nitrogens is 2. The molecule has 2 aromatic rings. The lowest BCUT2D eigenvalue weighted by atomic mass is 10.00. The lowest BCUT2D eigenvalue weighted by Crippen LogP contribution is -2.57. The number of amides is 1. The molecule has 4 rings (SSSR count). The van der Waals surface area contributed by atoms with Crippen molar-refractivity contribution in [2.75, 3.05) is 19.6 Å². The third kappa shape index (κ3) is 3.81. The second-order valence-corrected chi connectivity index (χ2v) is 7.61. The standard InChI is InChI=1S/C20H27N5O/c1-13-3-4-14(2)17(9-13)19-15(10-22-24-19)11-25-8-7-21-18(12-25)20(26)23-16-5-6-16/h3-4,9-10,16,18,21H,5-8,11-12H2,1-2H3,(H,22,24)(H,23,26). The molecule has 6 nitrogen and oxygen atoms in total. The SMILES string of the molecule is Cc1ccc(C)c(-c2[nH]ncc2CN2CCNC(C(=O)NC3CC3)C2)c1. The van der Waals surface area contributed by atoms with Crippen LogP contribution in [0.3, 0.4) is 0 Å². The number of benzene rings is 1. The maximum Gasteiger partial charge on any atom is 0.238 e. The number of hydrogen-bond donors (Lipinski definition) is 3. The van der Waals surface area contributed by atoms with E-state index in [1.54, 1.807) is 0 Å². The summed E-state index contributed by atoms with van der Waals surface area (Å²) in [6.07, 6.45) is 4.16. The summed E-state index contributed by atoms with van der Waals surface area (Å²) in [5.74, 6) is 0.138. The highest BCUT2D eigenvalue weighted by molar-refractivity contribution is 5.82. The second-order valence-electron chi connectivity index (χ2n) is 7.61. The van der Waals surface area contributed by atoms with Gasteiger partial charge < -0.3 is 10.6 Å². The predicted octanol–water partition coefficient (Wildman–Crippen LogP) is 1.75. The Morgan fingerprint density at radius 1 is 1.35 bits per heavy atom. The number of hydrogen-bond acceptors (Lipinski definition) is 4. The van der Waals surface area contributed by atoms with Crippen LogP contribution in [0.1, 0.15) is 29.5 Å². The van der Waals surface area contributed by atoms with Crippen LogP contribution in [0.15, 0.2) is 24.4 Å². The zero-order valence-electron chi connectivity index (χ0n) is 15.5. The molecule has 2 heterocycles. The molecule has 0 radical (unpaired) electrons. The molecular formula is C20H27N5O. The zero-order valence-corrected chi connectivity index (χ0v) is 15.5. The van der Waals surface area contributed by atoms with Crippen LogP contribution >= 0.6 is 0 Å². The Bertz CT molecular complexity index is 795. The van der Waals surface area contributed by atoms with Crippen LogP contribution in [0, 0.1) is 13.8 Å². The van der Waals surface area contributed by atoms with Crippen molar-refractivity contribution in [2.24, 2.45) is 0 Å². The Morgan fingerprint density at radius 3 is 3.00 bits per heavy atom. The highest BCUT2D eigenvalue weighted by Gasteiger charge is 2.30. The first-order valence-corrected chi connectivity index (χ1v) is 9.46. The van der Waals surface area contributed by atoms with Gasteiger partial charge in [-0.1, -0.05) is 17.7 Å². The number of rotatable bonds is 5. The van der Waals surface area contributed by atoms with Crippen LogP contribution in [-0.4, -0.2) is 52.7 Å². The summed E-state index contributed by atoms with van der Waals surface area (Å²) in [5, 5.41) is 13.9. The van der Waals surface area contributed by atoms with Crippen molar-refractivity contribution in [1.82, 2.24) is 25.7 Å². The molecular weight excluding hydrogens is 326 g/mol. The van der Waals surface area contributed by atoms with Crippen LogP contribution in [0.5, 0.6) is 0 Å². The van der Waals surface area contributed by atoms with Crippen LogP contribution in [0.2, 0.25) is 0 Å². The molecule has 1 saturated heterocycles. The molecule has 1 aliphatic carbocycles. The van der Waals surface area contributed by atoms with Gasteiger partial charge in [-0.2, -0.15) is 5.10 Å². The van der Waals surface area contributed by atoms with Gasteiger partial charge in [-0.15, -0.1) is 0 Å². The van der Waals surface area contributed by atoms with E-state index in [2.05, 4.69) is 57.8 Å². The number of piperazine rings is 1. The molecule has 1 aromatic carbocycles. The van der Waals surface area contributed by atoms with Crippen LogP contribution in [0.25, 0.3) is 11.3 Å². The summed E-state index contributed by atoms with van der Waals surface area (Å²) in [5.41, 5.74) is 5.95. The summed E-state index contributed by atoms with van der Waals surface area (Å²) in [6, 6.07) is 6.77. The van der Waals surface area contributed by atoms with Crippen molar-refractivity contribution in [3.05, 3.63) is 41.1 Å². The van der Waals surface area contributed by atoms with E-state index in [4.69, 9.17) is 0 Å². The Hall–Kier alpha value is -2.18. The Morgan fingerprint density at radius 2 is 2.19 bits per heavy atom. The minimum absolute atomic E-state index is 0.125. The van der Waals surface area contributed by atoms with Crippen molar-refractivity contribution in [1.29, 1.82) is 0 Å². The molecule has 1 aliphatic heterocycles. The fourth-order valence-electron chi connectivity index (χ4n) is 3.57. The molecule has 1 atom stereocenters. The lowest BCUT2D eigenvalue weighted by Gasteiger charge is -2.32. The molecule has 138 valence electrons. The van der Waals surface area contributed by atoms with E-state index in [0.29, 0.717) is 6.04 Å². The van der Waals surface area contributed by atoms with Crippen molar-refractivity contribution in [3.63, 3.8) is 0 Å². The highest BCUT2D eigenvalue weighted by atomic mass is 16.2. The third-order valence-electron chi connectivity index (χ3n) is 5.27. The van der Waals surface area contributed by atoms with Crippen LogP contribution in [0.4, 0.5) is 0 Å². The summed E-state index contributed by atoms with van der Waals surface area (Å²) < 4.78 is 0. The quantitative estimate of drug-likeness (QED) is 0.766. The van der Waals surface area contributed by atoms with Crippen LogP contribution in [-0.2, 0) is 11.3 Å². The first-order valence-electron chi connectivity index (χ1n) is 9.46. The van der Waals surface area contributed by atoms with Gasteiger partial charge in [0.15, 0.2) is 0 Å². The molecule has 1 saturated carbocycles. The van der Waals surface area contributed by atoms with Gasteiger partial charge in [-0.3, -0.25) is 14.8 Å². The Balaban J connectivity index is 1.46.